The van der Waals surface area contributed by atoms with Gasteiger partial charge >= 0.3 is 6.18 Å². The van der Waals surface area contributed by atoms with Gasteiger partial charge in [-0.25, -0.2) is 18.9 Å². The number of aliphatic hydroxyl groups excluding tert-OH is 1. The van der Waals surface area contributed by atoms with Crippen LogP contribution in [0.25, 0.3) is 33.1 Å². The zero-order chi connectivity index (χ0) is 27.5. The first kappa shape index (κ1) is 25.1. The van der Waals surface area contributed by atoms with E-state index >= 15 is 0 Å². The SMILES string of the molecule is Cc1c(-c2cc[nH]c2/C(=C\F)CO)c2c3c(nn2c2c(C)cccc12)CCN(c1ncc(C(F)(F)F)cn1)C3. The summed E-state index contributed by atoms with van der Waals surface area (Å²) in [4.78, 5) is 12.9. The molecule has 0 aliphatic carbocycles. The molecular formula is C28H24F4N6O. The molecule has 1 aromatic carbocycles. The minimum absolute atomic E-state index is 0.116. The van der Waals surface area contributed by atoms with Crippen molar-refractivity contribution in [3.05, 3.63) is 82.8 Å². The second kappa shape index (κ2) is 9.19. The third kappa shape index (κ3) is 3.95. The number of aryl methyl sites for hydroxylation is 2. The van der Waals surface area contributed by atoms with Gasteiger partial charge in [0.2, 0.25) is 5.95 Å². The normalized spacial score (nSPS) is 14.4. The largest absolute Gasteiger partial charge is 0.419 e. The minimum atomic E-state index is -4.52. The Morgan fingerprint density at radius 2 is 1.90 bits per heavy atom. The molecule has 1 aliphatic rings. The Kier molecular flexibility index (Phi) is 5.91. The van der Waals surface area contributed by atoms with E-state index in [0.29, 0.717) is 37.1 Å². The highest BCUT2D eigenvalue weighted by molar-refractivity contribution is 6.01. The summed E-state index contributed by atoms with van der Waals surface area (Å²) in [6.07, 6.45) is -0.289. The highest BCUT2D eigenvalue weighted by Crippen LogP contribution is 2.41. The van der Waals surface area contributed by atoms with Crippen molar-refractivity contribution in [3.63, 3.8) is 0 Å². The molecule has 0 fully saturated rings. The first-order valence-corrected chi connectivity index (χ1v) is 12.4. The third-order valence-electron chi connectivity index (χ3n) is 7.39. The van der Waals surface area contributed by atoms with Crippen LogP contribution in [-0.2, 0) is 19.1 Å². The van der Waals surface area contributed by atoms with Crippen molar-refractivity contribution in [1.29, 1.82) is 0 Å². The molecule has 200 valence electrons. The number of para-hydroxylation sites is 1. The van der Waals surface area contributed by atoms with E-state index in [9.17, 15) is 22.7 Å². The molecule has 0 bridgehead atoms. The number of anilines is 1. The number of nitrogens with zero attached hydrogens (tertiary/aromatic N) is 5. The van der Waals surface area contributed by atoms with Gasteiger partial charge in [0.1, 0.15) is 0 Å². The van der Waals surface area contributed by atoms with Gasteiger partial charge in [0, 0.05) is 65.8 Å². The molecule has 0 atom stereocenters. The number of hydrogen-bond donors (Lipinski definition) is 2. The van der Waals surface area contributed by atoms with Crippen LogP contribution in [0.1, 0.15) is 33.6 Å². The second-order valence-corrected chi connectivity index (χ2v) is 9.66. The predicted molar refractivity (Wildman–Crippen MR) is 140 cm³/mol. The van der Waals surface area contributed by atoms with Gasteiger partial charge in [-0.1, -0.05) is 18.2 Å². The molecule has 0 spiro atoms. The van der Waals surface area contributed by atoms with E-state index in [1.807, 2.05) is 47.5 Å². The van der Waals surface area contributed by atoms with Crippen LogP contribution in [0.4, 0.5) is 23.5 Å². The Morgan fingerprint density at radius 1 is 1.13 bits per heavy atom. The topological polar surface area (TPSA) is 82.3 Å². The van der Waals surface area contributed by atoms with Gasteiger partial charge in [0.15, 0.2) is 0 Å². The van der Waals surface area contributed by atoms with Crippen LogP contribution in [0.2, 0.25) is 0 Å². The number of fused-ring (bicyclic) bond motifs is 5. The molecule has 39 heavy (non-hydrogen) atoms. The molecule has 6 rings (SSSR count). The number of nitrogens with one attached hydrogen (secondary N) is 1. The standard InChI is InChI=1S/C28H24F4N6O/c1-15-4-3-5-19-16(2)23(20-6-8-33-24(20)17(10-29)14-39)26-21-13-37(9-7-22(21)36-38(26)25(15)19)27-34-11-18(12-35-27)28(30,31)32/h3-6,8,10-12,33,39H,7,9,13-14H2,1-2H3/b17-10-. The number of pyridine rings is 1. The molecule has 0 amide bonds. The molecule has 5 aromatic rings. The second-order valence-electron chi connectivity index (χ2n) is 9.66. The molecule has 0 unspecified atom stereocenters. The molecule has 7 nitrogen and oxygen atoms in total. The number of aliphatic hydroxyl groups is 1. The fourth-order valence-corrected chi connectivity index (χ4v) is 5.49. The number of H-pyrrole nitrogens is 1. The maximum atomic E-state index is 13.7. The summed E-state index contributed by atoms with van der Waals surface area (Å²) in [5.41, 5.74) is 6.75. The molecular weight excluding hydrogens is 512 g/mol. The van der Waals surface area contributed by atoms with Gasteiger partial charge < -0.3 is 15.0 Å². The summed E-state index contributed by atoms with van der Waals surface area (Å²) in [6, 6.07) is 7.86. The van der Waals surface area contributed by atoms with Gasteiger partial charge in [-0.3, -0.25) is 0 Å². The van der Waals surface area contributed by atoms with Crippen LogP contribution in [0.5, 0.6) is 0 Å². The van der Waals surface area contributed by atoms with Crippen LogP contribution in [0.3, 0.4) is 0 Å². The minimum Gasteiger partial charge on any atom is -0.392 e. The number of hydrogen-bond acceptors (Lipinski definition) is 5. The van der Waals surface area contributed by atoms with Gasteiger partial charge in [0.25, 0.3) is 0 Å². The van der Waals surface area contributed by atoms with E-state index in [-0.39, 0.29) is 11.5 Å². The lowest BCUT2D eigenvalue weighted by atomic mass is 9.92. The van der Waals surface area contributed by atoms with Crippen molar-refractivity contribution in [2.75, 3.05) is 18.1 Å². The lowest BCUT2D eigenvalue weighted by Gasteiger charge is -2.27. The fraction of sp³-hybridized carbons (Fsp3) is 0.250. The van der Waals surface area contributed by atoms with Crippen molar-refractivity contribution < 1.29 is 22.7 Å². The van der Waals surface area contributed by atoms with Crippen LogP contribution >= 0.6 is 0 Å². The van der Waals surface area contributed by atoms with Crippen LogP contribution < -0.4 is 4.90 Å². The van der Waals surface area contributed by atoms with E-state index in [4.69, 9.17) is 5.10 Å². The van der Waals surface area contributed by atoms with Crippen molar-refractivity contribution in [1.82, 2.24) is 24.6 Å². The summed E-state index contributed by atoms with van der Waals surface area (Å²) >= 11 is 0. The molecule has 11 heteroatoms. The zero-order valence-electron chi connectivity index (χ0n) is 21.1. The van der Waals surface area contributed by atoms with E-state index < -0.39 is 18.3 Å². The Balaban J connectivity index is 1.59. The van der Waals surface area contributed by atoms with Crippen molar-refractivity contribution in [2.45, 2.75) is 33.0 Å². The molecule has 0 saturated heterocycles. The number of aromatic amines is 1. The molecule has 0 saturated carbocycles. The number of rotatable bonds is 4. The lowest BCUT2D eigenvalue weighted by Crippen LogP contribution is -2.31. The molecule has 1 aliphatic heterocycles. The Labute approximate surface area is 220 Å². The van der Waals surface area contributed by atoms with Gasteiger partial charge in [-0.2, -0.15) is 18.3 Å². The lowest BCUT2D eigenvalue weighted by molar-refractivity contribution is -0.138. The Hall–Kier alpha value is -4.25. The van der Waals surface area contributed by atoms with E-state index in [2.05, 4.69) is 15.0 Å². The number of halogens is 4. The maximum Gasteiger partial charge on any atom is 0.419 e. The average Bonchev–Trinajstić information content (AvgIpc) is 3.54. The third-order valence-corrected chi connectivity index (χ3v) is 7.39. The summed E-state index contributed by atoms with van der Waals surface area (Å²) in [7, 11) is 0. The van der Waals surface area contributed by atoms with Gasteiger partial charge in [0.05, 0.1) is 40.9 Å². The molecule has 2 N–H and O–H groups in total. The number of alkyl halides is 3. The maximum absolute atomic E-state index is 13.7. The summed E-state index contributed by atoms with van der Waals surface area (Å²) in [5.74, 6) is 0.202. The Bertz CT molecular complexity index is 1750. The van der Waals surface area contributed by atoms with E-state index in [1.165, 1.54) is 0 Å². The fourth-order valence-electron chi connectivity index (χ4n) is 5.49. The monoisotopic (exact) mass is 536 g/mol. The first-order chi connectivity index (χ1) is 18.7. The molecule has 5 heterocycles. The summed E-state index contributed by atoms with van der Waals surface area (Å²) in [5, 5.41) is 15.8. The van der Waals surface area contributed by atoms with Crippen LogP contribution in [0.15, 0.2) is 49.2 Å². The summed E-state index contributed by atoms with van der Waals surface area (Å²) in [6.45, 7) is 4.36. The summed E-state index contributed by atoms with van der Waals surface area (Å²) < 4.78 is 54.8. The van der Waals surface area contributed by atoms with E-state index in [0.717, 1.165) is 56.8 Å². The van der Waals surface area contributed by atoms with Gasteiger partial charge in [-0.15, -0.1) is 0 Å². The number of benzene rings is 1. The zero-order valence-corrected chi connectivity index (χ0v) is 21.1. The molecule has 4 aromatic heterocycles. The highest BCUT2D eigenvalue weighted by atomic mass is 19.4. The van der Waals surface area contributed by atoms with E-state index in [1.54, 1.807) is 6.20 Å². The highest BCUT2D eigenvalue weighted by Gasteiger charge is 2.33. The van der Waals surface area contributed by atoms with Crippen molar-refractivity contribution in [3.8, 4) is 11.1 Å². The Morgan fingerprint density at radius 3 is 2.59 bits per heavy atom. The average molecular weight is 537 g/mol. The van der Waals surface area contributed by atoms with Crippen LogP contribution in [-0.4, -0.2) is 42.8 Å². The van der Waals surface area contributed by atoms with Crippen LogP contribution in [0, 0.1) is 13.8 Å². The van der Waals surface area contributed by atoms with Crippen molar-refractivity contribution >= 4 is 27.9 Å². The smallest absolute Gasteiger partial charge is 0.392 e. The molecule has 0 radical (unpaired) electrons. The first-order valence-electron chi connectivity index (χ1n) is 12.4. The predicted octanol–water partition coefficient (Wildman–Crippen LogP) is 5.77. The number of aromatic nitrogens is 5. The quantitative estimate of drug-likeness (QED) is 0.285. The van der Waals surface area contributed by atoms with Gasteiger partial charge in [-0.05, 0) is 31.0 Å². The van der Waals surface area contributed by atoms with Crippen molar-refractivity contribution in [2.24, 2.45) is 0 Å².